The SMILES string of the molecule is O=S1(=O)CCO[C@H]2CCCC[C@@H]21. The molecule has 1 saturated heterocycles. The summed E-state index contributed by atoms with van der Waals surface area (Å²) in [4.78, 5) is 0. The summed E-state index contributed by atoms with van der Waals surface area (Å²) >= 11 is 0. The van der Waals surface area contributed by atoms with Crippen LogP contribution in [0, 0.1) is 0 Å². The van der Waals surface area contributed by atoms with Gasteiger partial charge >= 0.3 is 0 Å². The van der Waals surface area contributed by atoms with Crippen molar-refractivity contribution < 1.29 is 13.2 Å². The zero-order valence-corrected chi connectivity index (χ0v) is 7.85. The summed E-state index contributed by atoms with van der Waals surface area (Å²) in [6.45, 7) is 0.406. The number of rotatable bonds is 0. The minimum Gasteiger partial charge on any atom is -0.376 e. The lowest BCUT2D eigenvalue weighted by atomic mass is 9.97. The van der Waals surface area contributed by atoms with Crippen molar-refractivity contribution >= 4 is 9.84 Å². The van der Waals surface area contributed by atoms with Crippen molar-refractivity contribution in [2.24, 2.45) is 0 Å². The molecular formula is C8H14O3S. The smallest absolute Gasteiger partial charge is 0.157 e. The summed E-state index contributed by atoms with van der Waals surface area (Å²) in [6, 6.07) is 0. The molecule has 0 unspecified atom stereocenters. The first kappa shape index (κ1) is 8.51. The van der Waals surface area contributed by atoms with Crippen LogP contribution in [0.3, 0.4) is 0 Å². The number of ether oxygens (including phenoxy) is 1. The molecule has 1 heterocycles. The van der Waals surface area contributed by atoms with Crippen LogP contribution in [-0.2, 0) is 14.6 Å². The minimum absolute atomic E-state index is 0.0116. The molecule has 3 nitrogen and oxygen atoms in total. The second-order valence-corrected chi connectivity index (χ2v) is 5.94. The molecule has 0 amide bonds. The predicted octanol–water partition coefficient (Wildman–Crippen LogP) is 0.743. The number of sulfone groups is 1. The quantitative estimate of drug-likeness (QED) is 0.566. The normalized spacial score (nSPS) is 40.3. The topological polar surface area (TPSA) is 43.4 Å². The Morgan fingerprint density at radius 3 is 2.67 bits per heavy atom. The van der Waals surface area contributed by atoms with E-state index >= 15 is 0 Å². The van der Waals surface area contributed by atoms with Crippen molar-refractivity contribution in [1.82, 2.24) is 0 Å². The summed E-state index contributed by atoms with van der Waals surface area (Å²) < 4.78 is 28.5. The zero-order chi connectivity index (χ0) is 8.60. The Morgan fingerprint density at radius 1 is 1.17 bits per heavy atom. The molecule has 2 rings (SSSR count). The maximum atomic E-state index is 11.5. The highest BCUT2D eigenvalue weighted by Gasteiger charge is 2.39. The lowest BCUT2D eigenvalue weighted by molar-refractivity contribution is 0.0313. The monoisotopic (exact) mass is 190 g/mol. The van der Waals surface area contributed by atoms with Crippen LogP contribution in [0.15, 0.2) is 0 Å². The average Bonchev–Trinajstić information content (AvgIpc) is 2.04. The highest BCUT2D eigenvalue weighted by molar-refractivity contribution is 7.92. The third-order valence-corrected chi connectivity index (χ3v) is 5.00. The van der Waals surface area contributed by atoms with Crippen molar-refractivity contribution in [2.45, 2.75) is 37.0 Å². The molecule has 1 aliphatic heterocycles. The van der Waals surface area contributed by atoms with Gasteiger partial charge in [-0.15, -0.1) is 0 Å². The highest BCUT2D eigenvalue weighted by atomic mass is 32.2. The van der Waals surface area contributed by atoms with Crippen LogP contribution in [0.5, 0.6) is 0 Å². The molecule has 0 aromatic heterocycles. The maximum Gasteiger partial charge on any atom is 0.157 e. The van der Waals surface area contributed by atoms with Gasteiger partial charge in [-0.05, 0) is 12.8 Å². The summed E-state index contributed by atoms with van der Waals surface area (Å²) in [5, 5.41) is -0.181. The number of hydrogen-bond acceptors (Lipinski definition) is 3. The van der Waals surface area contributed by atoms with Gasteiger partial charge in [0.15, 0.2) is 9.84 Å². The summed E-state index contributed by atoms with van der Waals surface area (Å²) in [5.74, 6) is 0.230. The van der Waals surface area contributed by atoms with Gasteiger partial charge in [0.2, 0.25) is 0 Å². The molecular weight excluding hydrogens is 176 g/mol. The molecule has 4 heteroatoms. The van der Waals surface area contributed by atoms with Crippen LogP contribution in [0.4, 0.5) is 0 Å². The predicted molar refractivity (Wildman–Crippen MR) is 45.8 cm³/mol. The zero-order valence-electron chi connectivity index (χ0n) is 7.03. The van der Waals surface area contributed by atoms with Crippen molar-refractivity contribution in [3.05, 3.63) is 0 Å². The fourth-order valence-electron chi connectivity index (χ4n) is 2.13. The van der Waals surface area contributed by atoms with Crippen molar-refractivity contribution in [3.63, 3.8) is 0 Å². The van der Waals surface area contributed by atoms with Gasteiger partial charge < -0.3 is 4.74 Å². The van der Waals surface area contributed by atoms with Crippen molar-refractivity contribution in [3.8, 4) is 0 Å². The molecule has 1 aliphatic carbocycles. The van der Waals surface area contributed by atoms with E-state index in [1.165, 1.54) is 0 Å². The van der Waals surface area contributed by atoms with E-state index in [1.54, 1.807) is 0 Å². The molecule has 0 N–H and O–H groups in total. The van der Waals surface area contributed by atoms with Crippen LogP contribution < -0.4 is 0 Å². The Labute approximate surface area is 73.0 Å². The molecule has 0 spiro atoms. The van der Waals surface area contributed by atoms with E-state index in [1.807, 2.05) is 0 Å². The van der Waals surface area contributed by atoms with Gasteiger partial charge in [0.05, 0.1) is 23.7 Å². The molecule has 2 fully saturated rings. The van der Waals surface area contributed by atoms with E-state index in [4.69, 9.17) is 4.74 Å². The molecule has 2 atom stereocenters. The molecule has 2 aliphatic rings. The van der Waals surface area contributed by atoms with Gasteiger partial charge in [0, 0.05) is 0 Å². The number of hydrogen-bond donors (Lipinski definition) is 0. The molecule has 0 bridgehead atoms. The van der Waals surface area contributed by atoms with Gasteiger partial charge in [-0.1, -0.05) is 12.8 Å². The summed E-state index contributed by atoms with van der Waals surface area (Å²) in [6.07, 6.45) is 3.93. The van der Waals surface area contributed by atoms with Crippen LogP contribution in [-0.4, -0.2) is 32.1 Å². The summed E-state index contributed by atoms with van der Waals surface area (Å²) in [7, 11) is -2.81. The van der Waals surface area contributed by atoms with Crippen molar-refractivity contribution in [2.75, 3.05) is 12.4 Å². The van der Waals surface area contributed by atoms with E-state index in [0.29, 0.717) is 6.61 Å². The molecule has 1 saturated carbocycles. The Bertz CT molecular complexity index is 255. The van der Waals surface area contributed by atoms with Gasteiger partial charge in [0.1, 0.15) is 0 Å². The van der Waals surface area contributed by atoms with E-state index in [2.05, 4.69) is 0 Å². The molecule has 12 heavy (non-hydrogen) atoms. The highest BCUT2D eigenvalue weighted by Crippen LogP contribution is 2.29. The van der Waals surface area contributed by atoms with E-state index in [9.17, 15) is 8.42 Å². The van der Waals surface area contributed by atoms with Crippen LogP contribution in [0.2, 0.25) is 0 Å². The fraction of sp³-hybridized carbons (Fsp3) is 1.00. The fourth-order valence-corrected chi connectivity index (χ4v) is 3.97. The standard InChI is InChI=1S/C8H14O3S/c9-12(10)6-5-11-7-3-1-2-4-8(7)12/h7-8H,1-6H2/t7-,8-/m0/s1. The van der Waals surface area contributed by atoms with Gasteiger partial charge in [-0.2, -0.15) is 0 Å². The Hall–Kier alpha value is -0.0900. The second kappa shape index (κ2) is 3.00. The Balaban J connectivity index is 2.20. The molecule has 0 radical (unpaired) electrons. The largest absolute Gasteiger partial charge is 0.376 e. The molecule has 70 valence electrons. The average molecular weight is 190 g/mol. The molecule has 0 aromatic rings. The lowest BCUT2D eigenvalue weighted by Crippen LogP contribution is -2.45. The lowest BCUT2D eigenvalue weighted by Gasteiger charge is -2.34. The van der Waals surface area contributed by atoms with E-state index < -0.39 is 9.84 Å². The third kappa shape index (κ3) is 1.38. The molecule has 0 aromatic carbocycles. The van der Waals surface area contributed by atoms with Gasteiger partial charge in [-0.25, -0.2) is 8.42 Å². The second-order valence-electron chi connectivity index (χ2n) is 3.60. The van der Waals surface area contributed by atoms with Crippen molar-refractivity contribution in [1.29, 1.82) is 0 Å². The van der Waals surface area contributed by atoms with Crippen LogP contribution in [0.25, 0.3) is 0 Å². The van der Waals surface area contributed by atoms with Crippen LogP contribution >= 0.6 is 0 Å². The van der Waals surface area contributed by atoms with Gasteiger partial charge in [-0.3, -0.25) is 0 Å². The van der Waals surface area contributed by atoms with E-state index in [0.717, 1.165) is 25.7 Å². The first-order valence-electron chi connectivity index (χ1n) is 4.53. The third-order valence-electron chi connectivity index (χ3n) is 2.80. The first-order chi connectivity index (χ1) is 5.70. The minimum atomic E-state index is -2.81. The Kier molecular flexibility index (Phi) is 2.12. The van der Waals surface area contributed by atoms with Crippen LogP contribution in [0.1, 0.15) is 25.7 Å². The summed E-state index contributed by atoms with van der Waals surface area (Å²) in [5.41, 5.74) is 0. The first-order valence-corrected chi connectivity index (χ1v) is 6.25. The maximum absolute atomic E-state index is 11.5. The number of fused-ring (bicyclic) bond motifs is 1. The Morgan fingerprint density at radius 2 is 1.92 bits per heavy atom. The van der Waals surface area contributed by atoms with Gasteiger partial charge in [0.25, 0.3) is 0 Å². The van der Waals surface area contributed by atoms with E-state index in [-0.39, 0.29) is 17.1 Å².